The molecule has 0 bridgehead atoms. The molecule has 1 amide bonds. The van der Waals surface area contributed by atoms with E-state index in [1.54, 1.807) is 11.8 Å². The topological polar surface area (TPSA) is 81.9 Å². The maximum absolute atomic E-state index is 12.3. The number of esters is 1. The van der Waals surface area contributed by atoms with E-state index in [1.165, 1.54) is 7.11 Å². The van der Waals surface area contributed by atoms with Crippen LogP contribution in [0.3, 0.4) is 0 Å². The van der Waals surface area contributed by atoms with Gasteiger partial charge in [0.1, 0.15) is 0 Å². The number of rotatable bonds is 5. The van der Waals surface area contributed by atoms with Crippen LogP contribution in [0.15, 0.2) is 0 Å². The molecule has 0 saturated carbocycles. The number of methoxy groups -OCH3 is 1. The fourth-order valence-electron chi connectivity index (χ4n) is 2.28. The third-order valence-corrected chi connectivity index (χ3v) is 3.31. The summed E-state index contributed by atoms with van der Waals surface area (Å²) in [7, 11) is 1.34. The molecule has 0 spiro atoms. The van der Waals surface area contributed by atoms with Crippen LogP contribution in [0.4, 0.5) is 0 Å². The maximum Gasteiger partial charge on any atom is 0.308 e. The monoisotopic (exact) mass is 308 g/mol. The molecule has 1 rings (SSSR count). The van der Waals surface area contributed by atoms with Crippen LogP contribution in [0.5, 0.6) is 0 Å². The van der Waals surface area contributed by atoms with E-state index < -0.39 is 5.54 Å². The molecule has 118 valence electrons. The maximum atomic E-state index is 12.3. The van der Waals surface area contributed by atoms with Crippen molar-refractivity contribution in [2.45, 2.75) is 44.8 Å². The van der Waals surface area contributed by atoms with Gasteiger partial charge in [-0.15, -0.1) is 12.4 Å². The van der Waals surface area contributed by atoms with Gasteiger partial charge >= 0.3 is 5.97 Å². The summed E-state index contributed by atoms with van der Waals surface area (Å²) in [6, 6.07) is 0. The molecule has 1 heterocycles. The number of nitrogens with zero attached hydrogens (tertiary/aromatic N) is 1. The molecular formula is C13H25ClN2O4. The molecule has 6 nitrogen and oxygen atoms in total. The van der Waals surface area contributed by atoms with Gasteiger partial charge in [-0.25, -0.2) is 0 Å². The van der Waals surface area contributed by atoms with Crippen molar-refractivity contribution in [3.8, 4) is 0 Å². The number of halogens is 1. The zero-order valence-electron chi connectivity index (χ0n) is 12.4. The quantitative estimate of drug-likeness (QED) is 0.757. The molecule has 20 heavy (non-hydrogen) atoms. The van der Waals surface area contributed by atoms with Crippen LogP contribution < -0.4 is 5.73 Å². The van der Waals surface area contributed by atoms with Crippen LogP contribution in [-0.4, -0.2) is 55.2 Å². The van der Waals surface area contributed by atoms with E-state index in [0.29, 0.717) is 26.1 Å². The Balaban J connectivity index is 0.00000361. The molecule has 1 saturated heterocycles. The van der Waals surface area contributed by atoms with Crippen molar-refractivity contribution < 1.29 is 19.1 Å². The molecule has 2 atom stereocenters. The molecule has 0 aromatic carbocycles. The molecule has 0 radical (unpaired) electrons. The van der Waals surface area contributed by atoms with E-state index in [1.807, 2.05) is 6.92 Å². The fourth-order valence-corrected chi connectivity index (χ4v) is 2.28. The highest BCUT2D eigenvalue weighted by Gasteiger charge is 2.35. The normalized spacial score (nSPS) is 21.6. The largest absolute Gasteiger partial charge is 0.469 e. The van der Waals surface area contributed by atoms with Gasteiger partial charge in [0, 0.05) is 13.1 Å². The molecule has 1 fully saturated rings. The van der Waals surface area contributed by atoms with E-state index >= 15 is 0 Å². The first-order valence-corrected chi connectivity index (χ1v) is 6.67. The highest BCUT2D eigenvalue weighted by atomic mass is 35.5. The number of hydrogen-bond donors (Lipinski definition) is 1. The summed E-state index contributed by atoms with van der Waals surface area (Å²) < 4.78 is 10.1. The summed E-state index contributed by atoms with van der Waals surface area (Å²) in [5.41, 5.74) is 5.21. The number of carbonyl (C=O) groups is 2. The van der Waals surface area contributed by atoms with Gasteiger partial charge in [-0.3, -0.25) is 9.59 Å². The highest BCUT2D eigenvalue weighted by Crippen LogP contribution is 2.17. The van der Waals surface area contributed by atoms with E-state index in [2.05, 4.69) is 4.74 Å². The van der Waals surface area contributed by atoms with E-state index in [0.717, 1.165) is 6.42 Å². The van der Waals surface area contributed by atoms with Crippen LogP contribution in [0, 0.1) is 0 Å². The SMILES string of the molecule is CCCC(C)(N)C(=O)N1CCOC(CC(=O)OC)C1.Cl. The molecule has 1 aliphatic heterocycles. The molecular weight excluding hydrogens is 284 g/mol. The second-order valence-electron chi connectivity index (χ2n) is 5.19. The van der Waals surface area contributed by atoms with Gasteiger partial charge in [0.05, 0.1) is 31.8 Å². The molecule has 0 aromatic rings. The Morgan fingerprint density at radius 3 is 2.70 bits per heavy atom. The lowest BCUT2D eigenvalue weighted by Crippen LogP contribution is -2.57. The van der Waals surface area contributed by atoms with Crippen LogP contribution in [0.1, 0.15) is 33.1 Å². The Morgan fingerprint density at radius 2 is 2.15 bits per heavy atom. The smallest absolute Gasteiger partial charge is 0.308 e. The first-order chi connectivity index (χ1) is 8.90. The van der Waals surface area contributed by atoms with E-state index in [4.69, 9.17) is 10.5 Å². The van der Waals surface area contributed by atoms with Crippen molar-refractivity contribution in [3.63, 3.8) is 0 Å². The standard InChI is InChI=1S/C13H24N2O4.ClH/c1-4-5-13(2,14)12(17)15-6-7-19-10(9-15)8-11(16)18-3;/h10H,4-9,14H2,1-3H3;1H. The third kappa shape index (κ3) is 5.26. The average molecular weight is 309 g/mol. The van der Waals surface area contributed by atoms with Gasteiger partial charge in [0.25, 0.3) is 0 Å². The van der Waals surface area contributed by atoms with Crippen molar-refractivity contribution in [2.75, 3.05) is 26.8 Å². The Kier molecular flexibility index (Phi) is 8.08. The second kappa shape index (κ2) is 8.44. The lowest BCUT2D eigenvalue weighted by molar-refractivity contribution is -0.152. The van der Waals surface area contributed by atoms with Crippen LogP contribution in [0.25, 0.3) is 0 Å². The van der Waals surface area contributed by atoms with Crippen LogP contribution in [-0.2, 0) is 19.1 Å². The van der Waals surface area contributed by atoms with Gasteiger partial charge in [-0.2, -0.15) is 0 Å². The minimum Gasteiger partial charge on any atom is -0.469 e. The summed E-state index contributed by atoms with van der Waals surface area (Å²) in [5.74, 6) is -0.407. The summed E-state index contributed by atoms with van der Waals surface area (Å²) in [5, 5.41) is 0. The van der Waals surface area contributed by atoms with E-state index in [9.17, 15) is 9.59 Å². The van der Waals surface area contributed by atoms with Crippen LogP contribution >= 0.6 is 12.4 Å². The zero-order valence-corrected chi connectivity index (χ0v) is 13.2. The fraction of sp³-hybridized carbons (Fsp3) is 0.846. The van der Waals surface area contributed by atoms with Gasteiger partial charge < -0.3 is 20.1 Å². The average Bonchev–Trinajstić information content (AvgIpc) is 2.38. The highest BCUT2D eigenvalue weighted by molar-refractivity contribution is 5.86. The summed E-state index contributed by atoms with van der Waals surface area (Å²) in [4.78, 5) is 25.3. The zero-order chi connectivity index (χ0) is 14.5. The third-order valence-electron chi connectivity index (χ3n) is 3.31. The molecule has 1 aliphatic rings. The van der Waals surface area contributed by atoms with Crippen molar-refractivity contribution in [2.24, 2.45) is 5.73 Å². The minimum atomic E-state index is -0.845. The van der Waals surface area contributed by atoms with Gasteiger partial charge in [-0.05, 0) is 13.3 Å². The van der Waals surface area contributed by atoms with Crippen molar-refractivity contribution in [1.82, 2.24) is 4.90 Å². The summed E-state index contributed by atoms with van der Waals surface area (Å²) in [6.45, 7) is 5.09. The summed E-state index contributed by atoms with van der Waals surface area (Å²) in [6.07, 6.45) is 1.36. The Morgan fingerprint density at radius 1 is 1.50 bits per heavy atom. The number of amides is 1. The van der Waals surface area contributed by atoms with Crippen LogP contribution in [0.2, 0.25) is 0 Å². The van der Waals surface area contributed by atoms with E-state index in [-0.39, 0.29) is 36.8 Å². The van der Waals surface area contributed by atoms with Gasteiger partial charge in [-0.1, -0.05) is 13.3 Å². The Labute approximate surface area is 126 Å². The van der Waals surface area contributed by atoms with Gasteiger partial charge in [0.2, 0.25) is 5.91 Å². The molecule has 7 heteroatoms. The molecule has 2 N–H and O–H groups in total. The van der Waals surface area contributed by atoms with Crippen molar-refractivity contribution in [1.29, 1.82) is 0 Å². The molecule has 0 aromatic heterocycles. The first kappa shape index (κ1) is 19.1. The van der Waals surface area contributed by atoms with Gasteiger partial charge in [0.15, 0.2) is 0 Å². The Hall–Kier alpha value is -0.850. The second-order valence-corrected chi connectivity index (χ2v) is 5.19. The van der Waals surface area contributed by atoms with Crippen molar-refractivity contribution in [3.05, 3.63) is 0 Å². The Bertz CT molecular complexity index is 336. The number of morpholine rings is 1. The van der Waals surface area contributed by atoms with Crippen molar-refractivity contribution >= 4 is 24.3 Å². The molecule has 2 unspecified atom stereocenters. The lowest BCUT2D eigenvalue weighted by atomic mass is 9.95. The molecule has 0 aliphatic carbocycles. The number of hydrogen-bond acceptors (Lipinski definition) is 5. The number of nitrogens with two attached hydrogens (primary N) is 1. The predicted octanol–water partition coefficient (Wildman–Crippen LogP) is 0.716. The minimum absolute atomic E-state index is 0. The lowest BCUT2D eigenvalue weighted by Gasteiger charge is -2.37. The number of carbonyl (C=O) groups excluding carboxylic acids is 2. The first-order valence-electron chi connectivity index (χ1n) is 6.67. The number of ether oxygens (including phenoxy) is 2. The summed E-state index contributed by atoms with van der Waals surface area (Å²) >= 11 is 0. The predicted molar refractivity (Wildman–Crippen MR) is 77.7 cm³/mol.